The standard InChI is InChI=1S/C12H17NO/c13-12(6-7-12)9-11-3-1-10(2-4-11)5-8-14/h1-4,14H,5-9,13H2. The van der Waals surface area contributed by atoms with E-state index in [0.29, 0.717) is 0 Å². The first-order chi connectivity index (χ1) is 6.72. The van der Waals surface area contributed by atoms with Crippen molar-refractivity contribution in [2.45, 2.75) is 31.2 Å². The number of nitrogens with two attached hydrogens (primary N) is 1. The van der Waals surface area contributed by atoms with Crippen LogP contribution in [0.2, 0.25) is 0 Å². The maximum Gasteiger partial charge on any atom is 0.0471 e. The van der Waals surface area contributed by atoms with Crippen molar-refractivity contribution in [1.29, 1.82) is 0 Å². The first-order valence-corrected chi connectivity index (χ1v) is 5.19. The van der Waals surface area contributed by atoms with Crippen molar-refractivity contribution < 1.29 is 5.11 Å². The summed E-state index contributed by atoms with van der Waals surface area (Å²) in [6, 6.07) is 8.41. The van der Waals surface area contributed by atoms with Gasteiger partial charge in [-0.3, -0.25) is 0 Å². The van der Waals surface area contributed by atoms with Crippen molar-refractivity contribution in [1.82, 2.24) is 0 Å². The lowest BCUT2D eigenvalue weighted by molar-refractivity contribution is 0.299. The summed E-state index contributed by atoms with van der Waals surface area (Å²) in [5.74, 6) is 0. The van der Waals surface area contributed by atoms with Crippen LogP contribution in [0.3, 0.4) is 0 Å². The van der Waals surface area contributed by atoms with Crippen LogP contribution in [0.15, 0.2) is 24.3 Å². The zero-order valence-electron chi connectivity index (χ0n) is 8.37. The van der Waals surface area contributed by atoms with Gasteiger partial charge in [-0.2, -0.15) is 0 Å². The first kappa shape index (κ1) is 9.69. The van der Waals surface area contributed by atoms with E-state index in [2.05, 4.69) is 24.3 Å². The minimum Gasteiger partial charge on any atom is -0.396 e. The fourth-order valence-corrected chi connectivity index (χ4v) is 1.70. The third-order valence-electron chi connectivity index (χ3n) is 2.87. The topological polar surface area (TPSA) is 46.2 Å². The van der Waals surface area contributed by atoms with Crippen molar-refractivity contribution in [3.05, 3.63) is 35.4 Å². The minimum absolute atomic E-state index is 0.0957. The molecule has 2 rings (SSSR count). The second kappa shape index (κ2) is 3.71. The minimum atomic E-state index is 0.0957. The largest absolute Gasteiger partial charge is 0.396 e. The van der Waals surface area contributed by atoms with Crippen LogP contribution in [0.5, 0.6) is 0 Å². The molecule has 1 fully saturated rings. The van der Waals surface area contributed by atoms with Crippen LogP contribution in [-0.4, -0.2) is 17.3 Å². The Labute approximate surface area is 84.7 Å². The Morgan fingerprint density at radius 3 is 2.21 bits per heavy atom. The van der Waals surface area contributed by atoms with Crippen molar-refractivity contribution in [2.75, 3.05) is 6.61 Å². The Balaban J connectivity index is 1.99. The molecule has 0 atom stereocenters. The Bertz CT molecular complexity index is 301. The number of benzene rings is 1. The van der Waals surface area contributed by atoms with Crippen LogP contribution in [0.1, 0.15) is 24.0 Å². The van der Waals surface area contributed by atoms with E-state index in [1.807, 2.05) is 0 Å². The fraction of sp³-hybridized carbons (Fsp3) is 0.500. The van der Waals surface area contributed by atoms with Crippen molar-refractivity contribution in [2.24, 2.45) is 5.73 Å². The summed E-state index contributed by atoms with van der Waals surface area (Å²) >= 11 is 0. The fourth-order valence-electron chi connectivity index (χ4n) is 1.70. The molecule has 0 spiro atoms. The molecule has 3 N–H and O–H groups in total. The second-order valence-electron chi connectivity index (χ2n) is 4.33. The molecule has 0 heterocycles. The molecule has 0 aliphatic heterocycles. The van der Waals surface area contributed by atoms with Crippen LogP contribution in [0, 0.1) is 0 Å². The van der Waals surface area contributed by atoms with Crippen molar-refractivity contribution in [3.63, 3.8) is 0 Å². The highest BCUT2D eigenvalue weighted by atomic mass is 16.2. The smallest absolute Gasteiger partial charge is 0.0471 e. The summed E-state index contributed by atoms with van der Waals surface area (Å²) in [7, 11) is 0. The van der Waals surface area contributed by atoms with E-state index < -0.39 is 0 Å². The molecule has 0 saturated heterocycles. The first-order valence-electron chi connectivity index (χ1n) is 5.19. The normalized spacial score (nSPS) is 18.1. The molecule has 1 aromatic carbocycles. The molecule has 0 radical (unpaired) electrons. The predicted octanol–water partition coefficient (Wildman–Crippen LogP) is 1.26. The van der Waals surface area contributed by atoms with Gasteiger partial charge < -0.3 is 10.8 Å². The summed E-state index contributed by atoms with van der Waals surface area (Å²) in [5, 5.41) is 8.77. The average Bonchev–Trinajstić information content (AvgIpc) is 2.88. The Morgan fingerprint density at radius 1 is 1.14 bits per heavy atom. The van der Waals surface area contributed by atoms with E-state index in [9.17, 15) is 0 Å². The lowest BCUT2D eigenvalue weighted by atomic mass is 10.0. The SMILES string of the molecule is NC1(Cc2ccc(CCO)cc2)CC1. The molecule has 14 heavy (non-hydrogen) atoms. The zero-order valence-corrected chi connectivity index (χ0v) is 8.37. The quantitative estimate of drug-likeness (QED) is 0.752. The summed E-state index contributed by atoms with van der Waals surface area (Å²) in [5.41, 5.74) is 8.64. The van der Waals surface area contributed by atoms with Gasteiger partial charge in [-0.1, -0.05) is 24.3 Å². The molecule has 0 bridgehead atoms. The second-order valence-corrected chi connectivity index (χ2v) is 4.33. The maximum atomic E-state index is 8.77. The van der Waals surface area contributed by atoms with Gasteiger partial charge in [0.25, 0.3) is 0 Å². The molecule has 1 aliphatic carbocycles. The summed E-state index contributed by atoms with van der Waals surface area (Å²) in [6.07, 6.45) is 4.05. The number of aliphatic hydroxyl groups is 1. The maximum absolute atomic E-state index is 8.77. The van der Waals surface area contributed by atoms with Gasteiger partial charge in [0.1, 0.15) is 0 Å². The van der Waals surface area contributed by atoms with E-state index in [0.717, 1.165) is 25.7 Å². The number of aliphatic hydroxyl groups excluding tert-OH is 1. The summed E-state index contributed by atoms with van der Waals surface area (Å²) in [6.45, 7) is 0.222. The van der Waals surface area contributed by atoms with Crippen LogP contribution >= 0.6 is 0 Å². The van der Waals surface area contributed by atoms with Gasteiger partial charge in [0.15, 0.2) is 0 Å². The van der Waals surface area contributed by atoms with Crippen molar-refractivity contribution in [3.8, 4) is 0 Å². The van der Waals surface area contributed by atoms with Crippen LogP contribution in [0.25, 0.3) is 0 Å². The molecule has 2 heteroatoms. The molecule has 0 aromatic heterocycles. The monoisotopic (exact) mass is 191 g/mol. The highest BCUT2D eigenvalue weighted by Gasteiger charge is 2.37. The van der Waals surface area contributed by atoms with Gasteiger partial charge in [-0.05, 0) is 36.8 Å². The lowest BCUT2D eigenvalue weighted by Gasteiger charge is -2.08. The van der Waals surface area contributed by atoms with Gasteiger partial charge in [0.2, 0.25) is 0 Å². The molecule has 2 nitrogen and oxygen atoms in total. The number of rotatable bonds is 4. The molecular weight excluding hydrogens is 174 g/mol. The molecule has 0 amide bonds. The highest BCUT2D eigenvalue weighted by Crippen LogP contribution is 2.35. The van der Waals surface area contributed by atoms with Gasteiger partial charge in [-0.15, -0.1) is 0 Å². The Morgan fingerprint density at radius 2 is 1.71 bits per heavy atom. The predicted molar refractivity (Wildman–Crippen MR) is 57.1 cm³/mol. The molecule has 1 aromatic rings. The summed E-state index contributed by atoms with van der Waals surface area (Å²) < 4.78 is 0. The zero-order chi connectivity index (χ0) is 10.0. The van der Waals surface area contributed by atoms with Crippen LogP contribution in [0.4, 0.5) is 0 Å². The molecule has 1 aliphatic rings. The van der Waals surface area contributed by atoms with E-state index in [1.54, 1.807) is 0 Å². The molecular formula is C12H17NO. The lowest BCUT2D eigenvalue weighted by Crippen LogP contribution is -2.24. The number of hydrogen-bond acceptors (Lipinski definition) is 2. The van der Waals surface area contributed by atoms with Gasteiger partial charge in [-0.25, -0.2) is 0 Å². The van der Waals surface area contributed by atoms with Gasteiger partial charge in [0.05, 0.1) is 0 Å². The number of hydrogen-bond donors (Lipinski definition) is 2. The van der Waals surface area contributed by atoms with Crippen LogP contribution in [-0.2, 0) is 12.8 Å². The van der Waals surface area contributed by atoms with E-state index in [1.165, 1.54) is 11.1 Å². The Kier molecular flexibility index (Phi) is 2.57. The van der Waals surface area contributed by atoms with E-state index >= 15 is 0 Å². The van der Waals surface area contributed by atoms with Gasteiger partial charge in [0, 0.05) is 12.1 Å². The Hall–Kier alpha value is -0.860. The van der Waals surface area contributed by atoms with E-state index in [-0.39, 0.29) is 12.1 Å². The molecule has 1 saturated carbocycles. The highest BCUT2D eigenvalue weighted by molar-refractivity contribution is 5.25. The molecule has 76 valence electrons. The average molecular weight is 191 g/mol. The molecule has 0 unspecified atom stereocenters. The van der Waals surface area contributed by atoms with Crippen LogP contribution < -0.4 is 5.73 Å². The third kappa shape index (κ3) is 2.34. The third-order valence-corrected chi connectivity index (χ3v) is 2.87. The van der Waals surface area contributed by atoms with Gasteiger partial charge >= 0.3 is 0 Å². The summed E-state index contributed by atoms with van der Waals surface area (Å²) in [4.78, 5) is 0. The van der Waals surface area contributed by atoms with E-state index in [4.69, 9.17) is 10.8 Å². The van der Waals surface area contributed by atoms with Crippen molar-refractivity contribution >= 4 is 0 Å².